The monoisotopic (exact) mass is 151 g/mol. The first-order valence-electron chi connectivity index (χ1n) is 2.60. The summed E-state index contributed by atoms with van der Waals surface area (Å²) in [5.74, 6) is 1.18. The molecule has 0 radical (unpaired) electrons. The summed E-state index contributed by atoms with van der Waals surface area (Å²) in [7, 11) is 0. The van der Waals surface area contributed by atoms with Crippen molar-refractivity contribution in [2.24, 2.45) is 0 Å². The molecule has 0 aromatic heterocycles. The maximum Gasteiger partial charge on any atom is 0.0641 e. The Morgan fingerprint density at radius 1 is 1.38 bits per heavy atom. The van der Waals surface area contributed by atoms with E-state index in [2.05, 4.69) is 0 Å². The van der Waals surface area contributed by atoms with E-state index in [1.165, 1.54) is 18.6 Å². The number of hydrogen-bond donors (Lipinski definition) is 1. The quantitative estimate of drug-likeness (QED) is 0.565. The van der Waals surface area contributed by atoms with Gasteiger partial charge in [0.1, 0.15) is 0 Å². The van der Waals surface area contributed by atoms with Crippen LogP contribution in [0.3, 0.4) is 0 Å². The predicted molar refractivity (Wildman–Crippen MR) is 41.3 cm³/mol. The van der Waals surface area contributed by atoms with Crippen LogP contribution in [0.4, 0.5) is 0 Å². The molecule has 0 amide bonds. The van der Waals surface area contributed by atoms with Gasteiger partial charge in [0.2, 0.25) is 0 Å². The van der Waals surface area contributed by atoms with Crippen LogP contribution >= 0.6 is 24.2 Å². The third-order valence-electron chi connectivity index (χ3n) is 1.07. The number of halogens is 1. The van der Waals surface area contributed by atoms with E-state index in [9.17, 15) is 0 Å². The Bertz CT molecular complexity index is 76.5. The fraction of sp³-hybridized carbons (Fsp3) is 0.800. The highest BCUT2D eigenvalue weighted by molar-refractivity contribution is 8.13. The van der Waals surface area contributed by atoms with Crippen molar-refractivity contribution in [3.05, 3.63) is 0 Å². The second-order valence-corrected chi connectivity index (χ2v) is 2.92. The van der Waals surface area contributed by atoms with Crippen LogP contribution in [0.15, 0.2) is 0 Å². The lowest BCUT2D eigenvalue weighted by Gasteiger charge is -2.07. The molecule has 0 atom stereocenters. The van der Waals surface area contributed by atoms with Crippen molar-refractivity contribution in [2.45, 2.75) is 19.3 Å². The van der Waals surface area contributed by atoms with E-state index < -0.39 is 0 Å². The summed E-state index contributed by atoms with van der Waals surface area (Å²) >= 11 is 1.70. The average Bonchev–Trinajstić information content (AvgIpc) is 1.69. The molecule has 48 valence electrons. The standard InChI is InChI=1S/C5H9NS.ClH/c6-5-3-1-2-4-7-5;/h6H,1-4H2;1H. The summed E-state index contributed by atoms with van der Waals surface area (Å²) in [4.78, 5) is 0. The van der Waals surface area contributed by atoms with Gasteiger partial charge in [-0.25, -0.2) is 0 Å². The Hall–Kier alpha value is 0.310. The van der Waals surface area contributed by atoms with Crippen molar-refractivity contribution < 1.29 is 0 Å². The van der Waals surface area contributed by atoms with Gasteiger partial charge in [-0.1, -0.05) is 0 Å². The zero-order chi connectivity index (χ0) is 5.11. The van der Waals surface area contributed by atoms with Gasteiger partial charge in [-0.15, -0.1) is 24.2 Å². The number of nitrogens with one attached hydrogen (secondary N) is 1. The second-order valence-electron chi connectivity index (χ2n) is 1.73. The number of thioether (sulfide) groups is 1. The molecular formula is C5H10ClNS. The second kappa shape index (κ2) is 4.21. The highest BCUT2D eigenvalue weighted by atomic mass is 35.5. The maximum absolute atomic E-state index is 7.15. The fourth-order valence-corrected chi connectivity index (χ4v) is 1.54. The molecule has 8 heavy (non-hydrogen) atoms. The molecule has 3 heteroatoms. The van der Waals surface area contributed by atoms with Crippen LogP contribution < -0.4 is 0 Å². The van der Waals surface area contributed by atoms with Crippen molar-refractivity contribution in [3.63, 3.8) is 0 Å². The van der Waals surface area contributed by atoms with Crippen LogP contribution in [0.25, 0.3) is 0 Å². The zero-order valence-electron chi connectivity index (χ0n) is 4.64. The van der Waals surface area contributed by atoms with E-state index in [-0.39, 0.29) is 12.4 Å². The van der Waals surface area contributed by atoms with Gasteiger partial charge < -0.3 is 0 Å². The summed E-state index contributed by atoms with van der Waals surface area (Å²) in [5.41, 5.74) is 0. The summed E-state index contributed by atoms with van der Waals surface area (Å²) in [6.45, 7) is 0. The third kappa shape index (κ3) is 2.58. The molecule has 1 aliphatic heterocycles. The van der Waals surface area contributed by atoms with Crippen molar-refractivity contribution in [1.29, 1.82) is 5.41 Å². The van der Waals surface area contributed by atoms with E-state index in [4.69, 9.17) is 5.41 Å². The minimum absolute atomic E-state index is 0. The zero-order valence-corrected chi connectivity index (χ0v) is 6.28. The van der Waals surface area contributed by atoms with Crippen LogP contribution in [0.2, 0.25) is 0 Å². The first-order chi connectivity index (χ1) is 3.39. The lowest BCUT2D eigenvalue weighted by Crippen LogP contribution is -1.98. The average molecular weight is 152 g/mol. The summed E-state index contributed by atoms with van der Waals surface area (Å²) in [5, 5.41) is 8.03. The van der Waals surface area contributed by atoms with Crippen LogP contribution in [-0.4, -0.2) is 10.8 Å². The molecule has 1 fully saturated rings. The highest BCUT2D eigenvalue weighted by Gasteiger charge is 2.02. The van der Waals surface area contributed by atoms with E-state index in [0.29, 0.717) is 0 Å². The molecule has 0 saturated carbocycles. The van der Waals surface area contributed by atoms with Gasteiger partial charge in [-0.3, -0.25) is 5.41 Å². The van der Waals surface area contributed by atoms with E-state index in [1.54, 1.807) is 11.8 Å². The molecule has 1 aliphatic rings. The lowest BCUT2D eigenvalue weighted by molar-refractivity contribution is 0.837. The topological polar surface area (TPSA) is 23.9 Å². The molecule has 1 rings (SSSR count). The lowest BCUT2D eigenvalue weighted by atomic mass is 10.3. The molecule has 1 nitrogen and oxygen atoms in total. The van der Waals surface area contributed by atoms with Gasteiger partial charge in [0.15, 0.2) is 0 Å². The Labute approximate surface area is 60.2 Å². The molecule has 1 saturated heterocycles. The van der Waals surface area contributed by atoms with Crippen molar-refractivity contribution in [1.82, 2.24) is 0 Å². The van der Waals surface area contributed by atoms with Crippen molar-refractivity contribution >= 4 is 29.2 Å². The maximum atomic E-state index is 7.15. The minimum atomic E-state index is 0. The highest BCUT2D eigenvalue weighted by Crippen LogP contribution is 2.17. The summed E-state index contributed by atoms with van der Waals surface area (Å²) in [6.07, 6.45) is 3.59. The Morgan fingerprint density at radius 3 is 2.38 bits per heavy atom. The SMILES string of the molecule is Cl.N=C1CCCCS1. The van der Waals surface area contributed by atoms with E-state index >= 15 is 0 Å². The van der Waals surface area contributed by atoms with Gasteiger partial charge in [-0.2, -0.15) is 0 Å². The first-order valence-corrected chi connectivity index (χ1v) is 3.58. The van der Waals surface area contributed by atoms with Gasteiger partial charge in [0.25, 0.3) is 0 Å². The van der Waals surface area contributed by atoms with Crippen LogP contribution in [0, 0.1) is 5.41 Å². The van der Waals surface area contributed by atoms with Crippen molar-refractivity contribution in [3.8, 4) is 0 Å². The van der Waals surface area contributed by atoms with Crippen molar-refractivity contribution in [2.75, 3.05) is 5.75 Å². The predicted octanol–water partition coefficient (Wildman–Crippen LogP) is 2.30. The van der Waals surface area contributed by atoms with Gasteiger partial charge in [-0.05, 0) is 25.0 Å². The summed E-state index contributed by atoms with van der Waals surface area (Å²) in [6, 6.07) is 0. The largest absolute Gasteiger partial charge is 0.298 e. The smallest absolute Gasteiger partial charge is 0.0641 e. The molecule has 0 aromatic carbocycles. The molecule has 0 spiro atoms. The molecule has 1 heterocycles. The Balaban J connectivity index is 0.000000490. The number of hydrogen-bond acceptors (Lipinski definition) is 2. The molecular weight excluding hydrogens is 142 g/mol. The summed E-state index contributed by atoms with van der Waals surface area (Å²) < 4.78 is 0. The Kier molecular flexibility index (Phi) is 4.38. The molecule has 0 unspecified atom stereocenters. The third-order valence-corrected chi connectivity index (χ3v) is 2.12. The number of rotatable bonds is 0. The van der Waals surface area contributed by atoms with Gasteiger partial charge >= 0.3 is 0 Å². The van der Waals surface area contributed by atoms with Crippen LogP contribution in [0.1, 0.15) is 19.3 Å². The van der Waals surface area contributed by atoms with Gasteiger partial charge in [0.05, 0.1) is 5.04 Å². The molecule has 0 bridgehead atoms. The Morgan fingerprint density at radius 2 is 2.12 bits per heavy atom. The van der Waals surface area contributed by atoms with Crippen LogP contribution in [0.5, 0.6) is 0 Å². The van der Waals surface area contributed by atoms with Gasteiger partial charge in [0, 0.05) is 0 Å². The molecule has 0 aliphatic carbocycles. The normalized spacial score (nSPS) is 19.8. The molecule has 0 aromatic rings. The van der Waals surface area contributed by atoms with E-state index in [0.717, 1.165) is 11.5 Å². The first kappa shape index (κ1) is 8.31. The van der Waals surface area contributed by atoms with Crippen LogP contribution in [-0.2, 0) is 0 Å². The minimum Gasteiger partial charge on any atom is -0.298 e. The van der Waals surface area contributed by atoms with E-state index in [1.807, 2.05) is 0 Å². The molecule has 1 N–H and O–H groups in total. The fourth-order valence-electron chi connectivity index (χ4n) is 0.655.